The molecule has 1 fully saturated rings. The van der Waals surface area contributed by atoms with Crippen LogP contribution in [0.1, 0.15) is 39.2 Å². The Hall–Kier alpha value is -5.07. The molecule has 2 aromatic heterocycles. The summed E-state index contributed by atoms with van der Waals surface area (Å²) >= 11 is 0. The van der Waals surface area contributed by atoms with E-state index in [-0.39, 0.29) is 25.4 Å². The van der Waals surface area contributed by atoms with Crippen LogP contribution in [-0.4, -0.2) is 70.9 Å². The van der Waals surface area contributed by atoms with Crippen LogP contribution in [0.15, 0.2) is 72.4 Å². The van der Waals surface area contributed by atoms with E-state index in [9.17, 15) is 14.4 Å². The molecule has 232 valence electrons. The second kappa shape index (κ2) is 13.1. The second-order valence-corrected chi connectivity index (χ2v) is 11.3. The van der Waals surface area contributed by atoms with Crippen LogP contribution < -0.4 is 15.4 Å². The number of amides is 3. The molecule has 0 radical (unpaired) electrons. The van der Waals surface area contributed by atoms with Crippen LogP contribution in [0.3, 0.4) is 0 Å². The number of nitrogens with zero attached hydrogens (tertiary/aromatic N) is 3. The molecule has 0 saturated carbocycles. The fourth-order valence-electron chi connectivity index (χ4n) is 4.75. The van der Waals surface area contributed by atoms with Gasteiger partial charge in [0.2, 0.25) is 17.7 Å². The molecule has 2 aliphatic heterocycles. The summed E-state index contributed by atoms with van der Waals surface area (Å²) < 4.78 is 27.5. The fourth-order valence-corrected chi connectivity index (χ4v) is 4.75. The fraction of sp³-hybridized carbons (Fsp3) is 0.387. The molecule has 13 heteroatoms. The molecule has 4 heterocycles. The van der Waals surface area contributed by atoms with Gasteiger partial charge in [-0.05, 0) is 56.9 Å². The van der Waals surface area contributed by atoms with Gasteiger partial charge in [0.25, 0.3) is 0 Å². The maximum atomic E-state index is 13.5. The standard InChI is InChI=1S/C31H35N5O8/c1-31(2,3)44-29(38)34-23(14-20-12-13-32-22-10-11-25(40-4)35-27(20)22)28(37)33-15-21-16-36(30(39)42-21)26-18-41-17-24(43-26)19-8-6-5-7-9-19/h5-6,8,10-13,17-18,21,23H,7,9,14-16H2,1-4H3,(H,33,37)(H,34,38)/t21-,23-/m1/s1. The van der Waals surface area contributed by atoms with Gasteiger partial charge in [-0.15, -0.1) is 0 Å². The second-order valence-electron chi connectivity index (χ2n) is 11.3. The number of hydrogen-bond acceptors (Lipinski definition) is 10. The minimum Gasteiger partial charge on any atom is -0.481 e. The average Bonchev–Trinajstić information content (AvgIpc) is 3.39. The molecular weight excluding hydrogens is 570 g/mol. The Bertz CT molecular complexity index is 1560. The molecular formula is C31H35N5O8. The van der Waals surface area contributed by atoms with Gasteiger partial charge < -0.3 is 34.3 Å². The highest BCUT2D eigenvalue weighted by Gasteiger charge is 2.37. The lowest BCUT2D eigenvalue weighted by atomic mass is 10.0. The van der Waals surface area contributed by atoms with Crippen LogP contribution in [0, 0.1) is 0 Å². The first-order chi connectivity index (χ1) is 21.1. The highest BCUT2D eigenvalue weighted by Crippen LogP contribution is 2.29. The monoisotopic (exact) mass is 605 g/mol. The lowest BCUT2D eigenvalue weighted by Gasteiger charge is -2.24. The summed E-state index contributed by atoms with van der Waals surface area (Å²) in [5, 5.41) is 5.46. The van der Waals surface area contributed by atoms with Crippen molar-refractivity contribution in [2.24, 2.45) is 0 Å². The third-order valence-corrected chi connectivity index (χ3v) is 6.82. The number of fused-ring (bicyclic) bond motifs is 1. The highest BCUT2D eigenvalue weighted by molar-refractivity contribution is 5.87. The van der Waals surface area contributed by atoms with Crippen LogP contribution in [0.4, 0.5) is 9.59 Å². The van der Waals surface area contributed by atoms with Gasteiger partial charge in [0.05, 0.1) is 31.2 Å². The van der Waals surface area contributed by atoms with E-state index >= 15 is 0 Å². The Kier molecular flexibility index (Phi) is 9.02. The molecule has 0 unspecified atom stereocenters. The van der Waals surface area contributed by atoms with Crippen molar-refractivity contribution in [3.05, 3.63) is 77.9 Å². The molecule has 2 aromatic rings. The van der Waals surface area contributed by atoms with Crippen LogP contribution >= 0.6 is 0 Å². The van der Waals surface area contributed by atoms with Gasteiger partial charge in [-0.25, -0.2) is 19.5 Å². The van der Waals surface area contributed by atoms with E-state index in [4.69, 9.17) is 23.7 Å². The number of nitrogens with one attached hydrogen (secondary N) is 2. The smallest absolute Gasteiger partial charge is 0.417 e. The lowest BCUT2D eigenvalue weighted by molar-refractivity contribution is -0.123. The van der Waals surface area contributed by atoms with Gasteiger partial charge in [-0.1, -0.05) is 18.2 Å². The van der Waals surface area contributed by atoms with E-state index in [1.54, 1.807) is 45.2 Å². The zero-order valence-electron chi connectivity index (χ0n) is 25.0. The van der Waals surface area contributed by atoms with Crippen LogP contribution in [0.2, 0.25) is 0 Å². The van der Waals surface area contributed by atoms with Crippen molar-refractivity contribution in [1.82, 2.24) is 25.5 Å². The predicted molar refractivity (Wildman–Crippen MR) is 158 cm³/mol. The zero-order chi connectivity index (χ0) is 31.3. The first kappa shape index (κ1) is 30.4. The summed E-state index contributed by atoms with van der Waals surface area (Å²) in [6, 6.07) is 4.14. The molecule has 44 heavy (non-hydrogen) atoms. The number of ether oxygens (including phenoxy) is 5. The van der Waals surface area contributed by atoms with Gasteiger partial charge in [-0.3, -0.25) is 9.78 Å². The van der Waals surface area contributed by atoms with Gasteiger partial charge in [0.15, 0.2) is 12.0 Å². The molecule has 0 bridgehead atoms. The number of aromatic nitrogens is 2. The van der Waals surface area contributed by atoms with Crippen molar-refractivity contribution in [2.45, 2.75) is 57.8 Å². The van der Waals surface area contributed by atoms with Crippen molar-refractivity contribution < 1.29 is 38.1 Å². The first-order valence-electron chi connectivity index (χ1n) is 14.2. The Morgan fingerprint density at radius 1 is 1.20 bits per heavy atom. The van der Waals surface area contributed by atoms with E-state index in [2.05, 4.69) is 26.7 Å². The molecule has 1 aliphatic carbocycles. The average molecular weight is 606 g/mol. The Morgan fingerprint density at radius 3 is 2.80 bits per heavy atom. The van der Waals surface area contributed by atoms with E-state index < -0.39 is 35.8 Å². The van der Waals surface area contributed by atoms with E-state index in [1.165, 1.54) is 24.5 Å². The van der Waals surface area contributed by atoms with Gasteiger partial charge in [-0.2, -0.15) is 0 Å². The summed E-state index contributed by atoms with van der Waals surface area (Å²) in [5.41, 5.74) is 1.98. The molecule has 5 rings (SSSR count). The number of alkyl carbamates (subject to hydrolysis) is 1. The number of cyclic esters (lactones) is 1. The third kappa shape index (κ3) is 7.46. The van der Waals surface area contributed by atoms with Crippen LogP contribution in [-0.2, 0) is 30.2 Å². The molecule has 0 spiro atoms. The maximum absolute atomic E-state index is 13.5. The number of pyridine rings is 2. The third-order valence-electron chi connectivity index (χ3n) is 6.82. The predicted octanol–water partition coefficient (Wildman–Crippen LogP) is 3.97. The minimum atomic E-state index is -1.04. The van der Waals surface area contributed by atoms with Crippen LogP contribution in [0.5, 0.6) is 5.88 Å². The number of carbonyl (C=O) groups is 3. The van der Waals surface area contributed by atoms with E-state index in [0.717, 1.165) is 18.4 Å². The minimum absolute atomic E-state index is 0.0104. The molecule has 3 amide bonds. The lowest BCUT2D eigenvalue weighted by Crippen LogP contribution is -2.50. The summed E-state index contributed by atoms with van der Waals surface area (Å²) in [6.45, 7) is 5.29. The number of rotatable bonds is 9. The van der Waals surface area contributed by atoms with Gasteiger partial charge in [0, 0.05) is 18.7 Å². The Morgan fingerprint density at radius 2 is 2.05 bits per heavy atom. The molecule has 2 N–H and O–H groups in total. The highest BCUT2D eigenvalue weighted by atomic mass is 16.6. The normalized spacial score (nSPS) is 18.6. The van der Waals surface area contributed by atoms with Crippen LogP contribution in [0.25, 0.3) is 11.0 Å². The summed E-state index contributed by atoms with van der Waals surface area (Å²) in [5.74, 6) is 0.590. The molecule has 13 nitrogen and oxygen atoms in total. The van der Waals surface area contributed by atoms with E-state index in [1.807, 2.05) is 12.2 Å². The molecule has 0 aromatic carbocycles. The van der Waals surface area contributed by atoms with Crippen molar-refractivity contribution in [3.63, 3.8) is 0 Å². The summed E-state index contributed by atoms with van der Waals surface area (Å²) in [7, 11) is 1.51. The van der Waals surface area contributed by atoms with Gasteiger partial charge in [0.1, 0.15) is 24.0 Å². The summed E-state index contributed by atoms with van der Waals surface area (Å²) in [6.07, 6.45) is 10.0. The van der Waals surface area contributed by atoms with E-state index in [0.29, 0.717) is 28.2 Å². The number of carbonyl (C=O) groups excluding carboxylic acids is 3. The first-order valence-corrected chi connectivity index (χ1v) is 14.2. The largest absolute Gasteiger partial charge is 0.481 e. The SMILES string of the molecule is COc1ccc2nccc(C[C@@H](NC(=O)OC(C)(C)C)C(=O)NC[C@@H]3CN(C4=COC=C(C5=CC=CCC5)O4)C(=O)O3)c2n1. The maximum Gasteiger partial charge on any atom is 0.417 e. The zero-order valence-corrected chi connectivity index (χ0v) is 25.0. The number of hydrogen-bond donors (Lipinski definition) is 2. The Balaban J connectivity index is 1.25. The van der Waals surface area contributed by atoms with Gasteiger partial charge >= 0.3 is 12.2 Å². The number of methoxy groups -OCH3 is 1. The topological polar surface area (TPSA) is 150 Å². The quantitative estimate of drug-likeness (QED) is 0.430. The summed E-state index contributed by atoms with van der Waals surface area (Å²) in [4.78, 5) is 49.0. The van der Waals surface area contributed by atoms with Crippen molar-refractivity contribution >= 4 is 29.1 Å². The molecule has 2 atom stereocenters. The Labute approximate surface area is 254 Å². The number of allylic oxidation sites excluding steroid dienone is 4. The molecule has 1 saturated heterocycles. The van der Waals surface area contributed by atoms with Crippen molar-refractivity contribution in [2.75, 3.05) is 20.2 Å². The van der Waals surface area contributed by atoms with Crippen molar-refractivity contribution in [1.29, 1.82) is 0 Å². The van der Waals surface area contributed by atoms with Crippen molar-refractivity contribution in [3.8, 4) is 5.88 Å². The molecule has 3 aliphatic rings.